The quantitative estimate of drug-likeness (QED) is 0.319. The fraction of sp³-hybridized carbons (Fsp3) is 0.208. The molecule has 1 amide bonds. The maximum Gasteiger partial charge on any atom is 0.433 e. The molecule has 2 heterocycles. The van der Waals surface area contributed by atoms with Crippen LogP contribution in [0.15, 0.2) is 46.9 Å². The average molecular weight is 523 g/mol. The van der Waals surface area contributed by atoms with Gasteiger partial charge in [0.05, 0.1) is 7.11 Å². The molecular formula is C24H20F5N4O4+. The number of halogens is 5. The molecule has 13 heteroatoms. The zero-order chi connectivity index (χ0) is 26.9. The van der Waals surface area contributed by atoms with Gasteiger partial charge in [0.2, 0.25) is 5.89 Å². The molecule has 37 heavy (non-hydrogen) atoms. The number of aliphatic hydroxyl groups excluding tert-OH is 1. The second-order valence-corrected chi connectivity index (χ2v) is 7.94. The third kappa shape index (κ3) is 5.22. The van der Waals surface area contributed by atoms with E-state index >= 15 is 0 Å². The van der Waals surface area contributed by atoms with Crippen LogP contribution >= 0.6 is 0 Å². The van der Waals surface area contributed by atoms with E-state index in [0.717, 1.165) is 12.1 Å². The third-order valence-corrected chi connectivity index (χ3v) is 5.48. The monoisotopic (exact) mass is 523 g/mol. The van der Waals surface area contributed by atoms with Crippen LogP contribution in [-0.2, 0) is 12.7 Å². The SMILES string of the molecule is COc1ccc(-c2nc(C(=O)NCc3ccc(F)cc3F)c([C@@H]([NH3+])CO)o2)c2ccc(C(F)(F)F)nc12. The number of aliphatic hydroxyl groups is 1. The summed E-state index contributed by atoms with van der Waals surface area (Å²) in [5, 5.41) is 12.2. The van der Waals surface area contributed by atoms with Crippen molar-refractivity contribution in [2.75, 3.05) is 13.7 Å². The molecule has 0 fully saturated rings. The first-order chi connectivity index (χ1) is 17.5. The number of hydrogen-bond donors (Lipinski definition) is 3. The molecule has 0 bridgehead atoms. The molecule has 0 saturated heterocycles. The van der Waals surface area contributed by atoms with Gasteiger partial charge in [-0.1, -0.05) is 6.07 Å². The van der Waals surface area contributed by atoms with Crippen molar-refractivity contribution < 1.29 is 46.7 Å². The van der Waals surface area contributed by atoms with Crippen molar-refractivity contribution in [3.05, 3.63) is 76.8 Å². The number of hydrogen-bond acceptors (Lipinski definition) is 6. The number of rotatable bonds is 7. The highest BCUT2D eigenvalue weighted by molar-refractivity contribution is 5.98. The first-order valence-electron chi connectivity index (χ1n) is 10.8. The Morgan fingerprint density at radius 2 is 1.92 bits per heavy atom. The highest BCUT2D eigenvalue weighted by Gasteiger charge is 2.33. The van der Waals surface area contributed by atoms with E-state index in [0.29, 0.717) is 6.07 Å². The predicted molar refractivity (Wildman–Crippen MR) is 119 cm³/mol. The lowest BCUT2D eigenvalue weighted by Crippen LogP contribution is -2.55. The smallest absolute Gasteiger partial charge is 0.433 e. The molecule has 8 nitrogen and oxygen atoms in total. The number of nitrogens with zero attached hydrogens (tertiary/aromatic N) is 2. The maximum atomic E-state index is 13.9. The van der Waals surface area contributed by atoms with Crippen molar-refractivity contribution >= 4 is 16.8 Å². The number of fused-ring (bicyclic) bond motifs is 1. The molecule has 0 aliphatic carbocycles. The van der Waals surface area contributed by atoms with Gasteiger partial charge in [0.1, 0.15) is 35.2 Å². The van der Waals surface area contributed by atoms with Crippen LogP contribution in [0.3, 0.4) is 0 Å². The van der Waals surface area contributed by atoms with Gasteiger partial charge in [-0.2, -0.15) is 13.2 Å². The summed E-state index contributed by atoms with van der Waals surface area (Å²) in [6, 6.07) is 6.77. The minimum Gasteiger partial charge on any atom is -0.494 e. The number of carbonyl (C=O) groups is 1. The average Bonchev–Trinajstić information content (AvgIpc) is 3.31. The zero-order valence-electron chi connectivity index (χ0n) is 19.2. The molecule has 0 aliphatic heterocycles. The topological polar surface area (TPSA) is 125 Å². The molecule has 194 valence electrons. The second kappa shape index (κ2) is 10.1. The van der Waals surface area contributed by atoms with Gasteiger partial charge in [0.25, 0.3) is 5.91 Å². The number of aromatic nitrogens is 2. The molecule has 0 radical (unpaired) electrons. The standard InChI is InChI=1S/C24H19F5N4O4/c1-36-17-6-4-14(13-5-7-18(24(27,28)29)32-19(13)17)23-33-20(21(37-23)16(30)10-34)22(35)31-9-11-2-3-12(25)8-15(11)26/h2-8,16,34H,9-10,30H2,1H3,(H,31,35)/p+1/t16-/m0/s1. The Hall–Kier alpha value is -4.10. The second-order valence-electron chi connectivity index (χ2n) is 7.94. The maximum absolute atomic E-state index is 13.9. The number of oxazole rings is 1. The highest BCUT2D eigenvalue weighted by atomic mass is 19.4. The number of amides is 1. The highest BCUT2D eigenvalue weighted by Crippen LogP contribution is 2.37. The molecule has 4 rings (SSSR count). The summed E-state index contributed by atoms with van der Waals surface area (Å²) in [7, 11) is 1.28. The minimum absolute atomic E-state index is 0.0149. The van der Waals surface area contributed by atoms with E-state index in [1.807, 2.05) is 0 Å². The normalized spacial score (nSPS) is 12.5. The summed E-state index contributed by atoms with van der Waals surface area (Å²) < 4.78 is 77.7. The molecule has 0 unspecified atom stereocenters. The van der Waals surface area contributed by atoms with Crippen LogP contribution in [0.1, 0.15) is 33.5 Å². The number of methoxy groups -OCH3 is 1. The zero-order valence-corrected chi connectivity index (χ0v) is 19.2. The Morgan fingerprint density at radius 3 is 2.57 bits per heavy atom. The van der Waals surface area contributed by atoms with E-state index in [1.54, 1.807) is 0 Å². The van der Waals surface area contributed by atoms with Crippen molar-refractivity contribution in [3.8, 4) is 17.2 Å². The van der Waals surface area contributed by atoms with Gasteiger partial charge in [0, 0.05) is 29.1 Å². The molecule has 2 aromatic carbocycles. The molecular weight excluding hydrogens is 503 g/mol. The fourth-order valence-corrected chi connectivity index (χ4v) is 3.59. The molecule has 5 N–H and O–H groups in total. The van der Waals surface area contributed by atoms with E-state index in [1.165, 1.54) is 31.4 Å². The van der Waals surface area contributed by atoms with Crippen LogP contribution in [0.4, 0.5) is 22.0 Å². The van der Waals surface area contributed by atoms with Gasteiger partial charge in [0.15, 0.2) is 17.5 Å². The van der Waals surface area contributed by atoms with Crippen LogP contribution in [0.5, 0.6) is 5.75 Å². The number of pyridine rings is 1. The number of ether oxygens (including phenoxy) is 1. The van der Waals surface area contributed by atoms with Crippen molar-refractivity contribution in [2.24, 2.45) is 0 Å². The Kier molecular flexibility index (Phi) is 7.09. The molecule has 0 aliphatic rings. The van der Waals surface area contributed by atoms with Gasteiger partial charge in [-0.05, 0) is 30.3 Å². The number of benzene rings is 2. The molecule has 0 saturated carbocycles. The van der Waals surface area contributed by atoms with Crippen LogP contribution in [-0.4, -0.2) is 34.7 Å². The third-order valence-electron chi connectivity index (χ3n) is 5.48. The van der Waals surface area contributed by atoms with Crippen LogP contribution in [0.2, 0.25) is 0 Å². The van der Waals surface area contributed by atoms with Crippen molar-refractivity contribution in [1.82, 2.24) is 15.3 Å². The number of quaternary nitrogens is 1. The predicted octanol–water partition coefficient (Wildman–Crippen LogP) is 3.40. The minimum atomic E-state index is -4.69. The molecule has 4 aromatic rings. The first kappa shape index (κ1) is 26.0. The molecule has 2 aromatic heterocycles. The summed E-state index contributed by atoms with van der Waals surface area (Å²) in [4.78, 5) is 20.8. The number of carbonyl (C=O) groups excluding carboxylic acids is 1. The Morgan fingerprint density at radius 1 is 1.16 bits per heavy atom. The lowest BCUT2D eigenvalue weighted by Gasteiger charge is -2.11. The largest absolute Gasteiger partial charge is 0.494 e. The first-order valence-corrected chi connectivity index (χ1v) is 10.8. The summed E-state index contributed by atoms with van der Waals surface area (Å²) in [5.74, 6) is -2.61. The summed E-state index contributed by atoms with van der Waals surface area (Å²) in [6.45, 7) is -0.815. The van der Waals surface area contributed by atoms with Crippen LogP contribution < -0.4 is 15.8 Å². The number of alkyl halides is 3. The van der Waals surface area contributed by atoms with Gasteiger partial charge < -0.3 is 25.3 Å². The summed E-state index contributed by atoms with van der Waals surface area (Å²) in [5.41, 5.74) is 2.43. The van der Waals surface area contributed by atoms with Gasteiger partial charge in [-0.25, -0.2) is 18.7 Å². The van der Waals surface area contributed by atoms with Gasteiger partial charge >= 0.3 is 6.18 Å². The molecule has 0 spiro atoms. The van der Waals surface area contributed by atoms with E-state index in [4.69, 9.17) is 9.15 Å². The molecule has 1 atom stereocenters. The summed E-state index contributed by atoms with van der Waals surface area (Å²) >= 11 is 0. The van der Waals surface area contributed by atoms with E-state index in [-0.39, 0.29) is 51.7 Å². The van der Waals surface area contributed by atoms with Crippen molar-refractivity contribution in [1.29, 1.82) is 0 Å². The van der Waals surface area contributed by atoms with E-state index in [2.05, 4.69) is 21.0 Å². The van der Waals surface area contributed by atoms with Crippen LogP contribution in [0.25, 0.3) is 22.4 Å². The Labute approximate surface area is 205 Å². The van der Waals surface area contributed by atoms with E-state index in [9.17, 15) is 31.9 Å². The van der Waals surface area contributed by atoms with Gasteiger partial charge in [-0.3, -0.25) is 4.79 Å². The van der Waals surface area contributed by atoms with Crippen LogP contribution in [0, 0.1) is 11.6 Å². The van der Waals surface area contributed by atoms with E-state index < -0.39 is 42.1 Å². The lowest BCUT2D eigenvalue weighted by molar-refractivity contribution is -0.436. The Balaban J connectivity index is 1.75. The number of nitrogens with one attached hydrogen (secondary N) is 1. The fourth-order valence-electron chi connectivity index (χ4n) is 3.59. The van der Waals surface area contributed by atoms with Crippen molar-refractivity contribution in [3.63, 3.8) is 0 Å². The van der Waals surface area contributed by atoms with Gasteiger partial charge in [-0.15, -0.1) is 0 Å². The lowest BCUT2D eigenvalue weighted by atomic mass is 10.1. The summed E-state index contributed by atoms with van der Waals surface area (Å²) in [6.07, 6.45) is -4.69. The van der Waals surface area contributed by atoms with Crippen molar-refractivity contribution in [2.45, 2.75) is 18.8 Å². The Bertz CT molecular complexity index is 1470.